The molecule has 206 valence electrons. The molecule has 0 fully saturated rings. The number of furan rings is 1. The van der Waals surface area contributed by atoms with Crippen LogP contribution in [0.4, 0.5) is 0 Å². The Hall–Kier alpha value is -5.66. The Morgan fingerprint density at radius 3 is 1.68 bits per heavy atom. The van der Waals surface area contributed by atoms with Crippen molar-refractivity contribution in [1.82, 2.24) is 0 Å². The minimum absolute atomic E-state index is 0.924. The molecule has 1 heterocycles. The zero-order chi connectivity index (χ0) is 29.2. The Morgan fingerprint density at radius 1 is 0.386 bits per heavy atom. The fraction of sp³-hybridized carbons (Fsp3) is 0.0233. The maximum Gasteiger partial charge on any atom is 0.136 e. The number of fused-ring (bicyclic) bond motifs is 6. The summed E-state index contributed by atoms with van der Waals surface area (Å²) in [6, 6.07) is 55.0. The molecule has 0 aliphatic carbocycles. The highest BCUT2D eigenvalue weighted by Gasteiger charge is 2.18. The van der Waals surface area contributed by atoms with Crippen LogP contribution >= 0.6 is 0 Å². The van der Waals surface area contributed by atoms with E-state index in [1.807, 2.05) is 0 Å². The van der Waals surface area contributed by atoms with Crippen LogP contribution in [0.3, 0.4) is 0 Å². The largest absolute Gasteiger partial charge is 0.456 e. The van der Waals surface area contributed by atoms with E-state index >= 15 is 0 Å². The zero-order valence-corrected chi connectivity index (χ0v) is 24.3. The van der Waals surface area contributed by atoms with Crippen molar-refractivity contribution in [2.45, 2.75) is 6.92 Å². The second-order valence-corrected chi connectivity index (χ2v) is 11.7. The Bertz CT molecular complexity index is 2490. The maximum atomic E-state index is 6.26. The number of rotatable bonds is 3. The molecule has 1 nitrogen and oxygen atoms in total. The van der Waals surface area contributed by atoms with Gasteiger partial charge in [-0.25, -0.2) is 0 Å². The van der Waals surface area contributed by atoms with Gasteiger partial charge in [0.25, 0.3) is 0 Å². The molecule has 0 radical (unpaired) electrons. The van der Waals surface area contributed by atoms with Crippen molar-refractivity contribution in [3.63, 3.8) is 0 Å². The lowest BCUT2D eigenvalue weighted by Gasteiger charge is -2.19. The summed E-state index contributed by atoms with van der Waals surface area (Å²) in [5.41, 5.74) is 10.5. The molecule has 0 saturated carbocycles. The fourth-order valence-corrected chi connectivity index (χ4v) is 7.16. The molecule has 0 N–H and O–H groups in total. The van der Waals surface area contributed by atoms with E-state index in [1.165, 1.54) is 76.6 Å². The van der Waals surface area contributed by atoms with E-state index in [-0.39, 0.29) is 0 Å². The standard InChI is InChI=1S/C43H28O/c1-27-20-25-38-40(26-27)44-39-19-9-17-32(43(38)39)29-21-23-30(24-22-29)41-34-13-4-6-15-36(34)42(37-16-7-5-14-35(37)41)33-18-8-11-28-10-2-3-12-31(28)33/h2-26H,1H3. The first-order valence-corrected chi connectivity index (χ1v) is 15.2. The van der Waals surface area contributed by atoms with Crippen LogP contribution in [0.15, 0.2) is 156 Å². The fourth-order valence-electron chi connectivity index (χ4n) is 7.16. The molecule has 0 aliphatic rings. The summed E-state index contributed by atoms with van der Waals surface area (Å²) in [5.74, 6) is 0. The van der Waals surface area contributed by atoms with Crippen LogP contribution in [-0.2, 0) is 0 Å². The molecule has 0 saturated heterocycles. The second-order valence-electron chi connectivity index (χ2n) is 11.7. The number of benzene rings is 8. The molecule has 0 atom stereocenters. The molecule has 0 aliphatic heterocycles. The van der Waals surface area contributed by atoms with E-state index in [0.29, 0.717) is 0 Å². The first kappa shape index (κ1) is 24.9. The number of hydrogen-bond acceptors (Lipinski definition) is 1. The lowest BCUT2D eigenvalue weighted by molar-refractivity contribution is 0.668. The highest BCUT2D eigenvalue weighted by molar-refractivity contribution is 6.23. The summed E-state index contributed by atoms with van der Waals surface area (Å²) in [7, 11) is 0. The van der Waals surface area contributed by atoms with E-state index in [1.54, 1.807) is 0 Å². The van der Waals surface area contributed by atoms with E-state index in [4.69, 9.17) is 4.42 Å². The van der Waals surface area contributed by atoms with Gasteiger partial charge in [0.05, 0.1) is 0 Å². The van der Waals surface area contributed by atoms with Crippen LogP contribution in [0.25, 0.3) is 87.6 Å². The van der Waals surface area contributed by atoms with Crippen LogP contribution < -0.4 is 0 Å². The topological polar surface area (TPSA) is 13.1 Å². The van der Waals surface area contributed by atoms with Crippen molar-refractivity contribution >= 4 is 54.3 Å². The average molecular weight is 561 g/mol. The minimum atomic E-state index is 0.924. The van der Waals surface area contributed by atoms with Crippen molar-refractivity contribution in [3.05, 3.63) is 157 Å². The number of aryl methyl sites for hydroxylation is 1. The van der Waals surface area contributed by atoms with Gasteiger partial charge in [0.2, 0.25) is 0 Å². The summed E-state index contributed by atoms with van der Waals surface area (Å²) in [6.45, 7) is 2.11. The SMILES string of the molecule is Cc1ccc2c(c1)oc1cccc(-c3ccc(-c4c5ccccc5c(-c5cccc6ccccc56)c5ccccc45)cc3)c12. The van der Waals surface area contributed by atoms with Crippen LogP contribution in [0.5, 0.6) is 0 Å². The summed E-state index contributed by atoms with van der Waals surface area (Å²) < 4.78 is 6.26. The monoisotopic (exact) mass is 560 g/mol. The van der Waals surface area contributed by atoms with Gasteiger partial charge in [-0.1, -0.05) is 140 Å². The van der Waals surface area contributed by atoms with Gasteiger partial charge in [0, 0.05) is 10.8 Å². The Morgan fingerprint density at radius 2 is 0.955 bits per heavy atom. The predicted octanol–water partition coefficient (Wildman–Crippen LogP) is 12.4. The Labute approximate surface area is 255 Å². The second kappa shape index (κ2) is 9.69. The van der Waals surface area contributed by atoms with E-state index in [0.717, 1.165) is 16.6 Å². The Balaban J connectivity index is 1.27. The molecule has 44 heavy (non-hydrogen) atoms. The third kappa shape index (κ3) is 3.73. The number of hydrogen-bond donors (Lipinski definition) is 0. The van der Waals surface area contributed by atoms with Gasteiger partial charge in [0.15, 0.2) is 0 Å². The minimum Gasteiger partial charge on any atom is -0.456 e. The zero-order valence-electron chi connectivity index (χ0n) is 24.3. The molecule has 0 amide bonds. The summed E-state index contributed by atoms with van der Waals surface area (Å²) >= 11 is 0. The third-order valence-electron chi connectivity index (χ3n) is 9.13. The third-order valence-corrected chi connectivity index (χ3v) is 9.13. The predicted molar refractivity (Wildman–Crippen MR) is 187 cm³/mol. The van der Waals surface area contributed by atoms with Crippen molar-refractivity contribution < 1.29 is 4.42 Å². The molecule has 0 spiro atoms. The summed E-state index contributed by atoms with van der Waals surface area (Å²) in [5, 5.41) is 9.93. The highest BCUT2D eigenvalue weighted by Crippen LogP contribution is 2.45. The normalized spacial score (nSPS) is 11.8. The van der Waals surface area contributed by atoms with Crippen molar-refractivity contribution in [3.8, 4) is 33.4 Å². The van der Waals surface area contributed by atoms with Gasteiger partial charge in [-0.05, 0) is 90.3 Å². The van der Waals surface area contributed by atoms with Crippen LogP contribution in [0.1, 0.15) is 5.56 Å². The van der Waals surface area contributed by atoms with Gasteiger partial charge >= 0.3 is 0 Å². The van der Waals surface area contributed by atoms with Crippen LogP contribution in [0, 0.1) is 6.92 Å². The molecule has 9 rings (SSSR count). The molecule has 0 unspecified atom stereocenters. The highest BCUT2D eigenvalue weighted by atomic mass is 16.3. The van der Waals surface area contributed by atoms with E-state index in [2.05, 4.69) is 159 Å². The van der Waals surface area contributed by atoms with Gasteiger partial charge in [-0.2, -0.15) is 0 Å². The van der Waals surface area contributed by atoms with Gasteiger partial charge < -0.3 is 4.42 Å². The van der Waals surface area contributed by atoms with Crippen molar-refractivity contribution in [1.29, 1.82) is 0 Å². The molecule has 1 aromatic heterocycles. The van der Waals surface area contributed by atoms with Crippen LogP contribution in [0.2, 0.25) is 0 Å². The first-order chi connectivity index (χ1) is 21.7. The molecular formula is C43H28O. The van der Waals surface area contributed by atoms with Crippen LogP contribution in [-0.4, -0.2) is 0 Å². The maximum absolute atomic E-state index is 6.26. The summed E-state index contributed by atoms with van der Waals surface area (Å²) in [6.07, 6.45) is 0. The van der Waals surface area contributed by atoms with Crippen molar-refractivity contribution in [2.24, 2.45) is 0 Å². The van der Waals surface area contributed by atoms with Crippen molar-refractivity contribution in [2.75, 3.05) is 0 Å². The van der Waals surface area contributed by atoms with E-state index in [9.17, 15) is 0 Å². The Kier molecular flexibility index (Phi) is 5.48. The van der Waals surface area contributed by atoms with Gasteiger partial charge in [0.1, 0.15) is 11.2 Å². The average Bonchev–Trinajstić information content (AvgIpc) is 3.45. The molecule has 0 bridgehead atoms. The quantitative estimate of drug-likeness (QED) is 0.196. The van der Waals surface area contributed by atoms with Gasteiger partial charge in [-0.15, -0.1) is 0 Å². The van der Waals surface area contributed by atoms with Gasteiger partial charge in [-0.3, -0.25) is 0 Å². The van der Waals surface area contributed by atoms with E-state index < -0.39 is 0 Å². The molecule has 1 heteroatoms. The molecule has 8 aromatic carbocycles. The molecular weight excluding hydrogens is 532 g/mol. The first-order valence-electron chi connectivity index (χ1n) is 15.2. The molecule has 9 aromatic rings. The lowest BCUT2D eigenvalue weighted by atomic mass is 9.84. The smallest absolute Gasteiger partial charge is 0.136 e. The lowest BCUT2D eigenvalue weighted by Crippen LogP contribution is -1.91. The summed E-state index contributed by atoms with van der Waals surface area (Å²) in [4.78, 5) is 0.